The maximum Gasteiger partial charge on any atom is 0.241 e. The summed E-state index contributed by atoms with van der Waals surface area (Å²) < 4.78 is 1.79. The summed E-state index contributed by atoms with van der Waals surface area (Å²) in [5.74, 6) is -0.150. The van der Waals surface area contributed by atoms with E-state index < -0.39 is 6.04 Å². The van der Waals surface area contributed by atoms with Crippen LogP contribution < -0.4 is 11.1 Å². The summed E-state index contributed by atoms with van der Waals surface area (Å²) in [6, 6.07) is 9.60. The van der Waals surface area contributed by atoms with Gasteiger partial charge >= 0.3 is 0 Å². The van der Waals surface area contributed by atoms with Crippen LogP contribution in [0.3, 0.4) is 0 Å². The third kappa shape index (κ3) is 4.72. The van der Waals surface area contributed by atoms with Crippen LogP contribution in [0.25, 0.3) is 0 Å². The van der Waals surface area contributed by atoms with Gasteiger partial charge in [0.05, 0.1) is 24.5 Å². The van der Waals surface area contributed by atoms with Crippen LogP contribution >= 0.6 is 0 Å². The van der Waals surface area contributed by atoms with Gasteiger partial charge in [0, 0.05) is 6.20 Å². The third-order valence-corrected chi connectivity index (χ3v) is 3.29. The summed E-state index contributed by atoms with van der Waals surface area (Å²) >= 11 is 0. The molecule has 2 aromatic rings. The van der Waals surface area contributed by atoms with Crippen LogP contribution in [0, 0.1) is 0 Å². The first-order valence-corrected chi connectivity index (χ1v) is 7.32. The van der Waals surface area contributed by atoms with E-state index in [0.29, 0.717) is 18.7 Å². The molecule has 5 heteroatoms. The van der Waals surface area contributed by atoms with Gasteiger partial charge in [-0.05, 0) is 12.0 Å². The van der Waals surface area contributed by atoms with Gasteiger partial charge in [0.2, 0.25) is 5.91 Å². The fourth-order valence-electron chi connectivity index (χ4n) is 2.08. The molecule has 0 radical (unpaired) electrons. The molecule has 0 bridgehead atoms. The zero-order valence-electron chi connectivity index (χ0n) is 12.3. The molecule has 1 aromatic heterocycles. The molecule has 1 atom stereocenters. The number of nitrogens with zero attached hydrogens (tertiary/aromatic N) is 2. The molecule has 21 heavy (non-hydrogen) atoms. The van der Waals surface area contributed by atoms with Crippen LogP contribution in [0.5, 0.6) is 0 Å². The number of nitrogens with two attached hydrogens (primary N) is 1. The smallest absolute Gasteiger partial charge is 0.241 e. The standard InChI is InChI=1S/C16H22N4O/c1-2-3-9-15(17)16(21)19-14-10-18-20(12-14)11-13-7-5-4-6-8-13/h4-8,10,12,15H,2-3,9,11,17H2,1H3,(H,19,21)/t15-/m0/s1. The van der Waals surface area contributed by atoms with Gasteiger partial charge in [-0.1, -0.05) is 50.1 Å². The molecule has 0 fully saturated rings. The second-order valence-corrected chi connectivity index (χ2v) is 5.15. The van der Waals surface area contributed by atoms with Crippen molar-refractivity contribution in [3.63, 3.8) is 0 Å². The zero-order valence-corrected chi connectivity index (χ0v) is 12.3. The minimum absolute atomic E-state index is 0.150. The number of carbonyl (C=O) groups excluding carboxylic acids is 1. The lowest BCUT2D eigenvalue weighted by Gasteiger charge is -2.10. The van der Waals surface area contributed by atoms with Gasteiger partial charge in [0.15, 0.2) is 0 Å². The van der Waals surface area contributed by atoms with E-state index >= 15 is 0 Å². The fraction of sp³-hybridized carbons (Fsp3) is 0.375. The number of anilines is 1. The minimum atomic E-state index is -0.456. The summed E-state index contributed by atoms with van der Waals surface area (Å²) in [6.07, 6.45) is 6.17. The highest BCUT2D eigenvalue weighted by Crippen LogP contribution is 2.09. The van der Waals surface area contributed by atoms with Crippen molar-refractivity contribution < 1.29 is 4.79 Å². The van der Waals surface area contributed by atoms with Crippen LogP contribution in [-0.4, -0.2) is 21.7 Å². The predicted molar refractivity (Wildman–Crippen MR) is 83.9 cm³/mol. The highest BCUT2D eigenvalue weighted by atomic mass is 16.2. The molecule has 112 valence electrons. The Balaban J connectivity index is 1.89. The second kappa shape index (κ2) is 7.59. The molecule has 1 aromatic carbocycles. The first-order valence-electron chi connectivity index (χ1n) is 7.32. The van der Waals surface area contributed by atoms with Gasteiger partial charge in [-0.15, -0.1) is 0 Å². The van der Waals surface area contributed by atoms with Crippen molar-refractivity contribution >= 4 is 11.6 Å². The number of hydrogen-bond acceptors (Lipinski definition) is 3. The van der Waals surface area contributed by atoms with E-state index in [0.717, 1.165) is 18.4 Å². The molecule has 0 saturated heterocycles. The molecule has 0 aliphatic carbocycles. The van der Waals surface area contributed by atoms with Gasteiger partial charge < -0.3 is 11.1 Å². The molecule has 2 rings (SSSR count). The number of carbonyl (C=O) groups is 1. The maximum absolute atomic E-state index is 11.9. The first-order chi connectivity index (χ1) is 10.2. The summed E-state index contributed by atoms with van der Waals surface area (Å²) in [5.41, 5.74) is 7.69. The summed E-state index contributed by atoms with van der Waals surface area (Å²) in [5, 5.41) is 7.06. The van der Waals surface area contributed by atoms with E-state index in [1.54, 1.807) is 10.9 Å². The van der Waals surface area contributed by atoms with E-state index in [2.05, 4.69) is 17.3 Å². The number of amides is 1. The predicted octanol–water partition coefficient (Wildman–Crippen LogP) is 2.39. The number of aromatic nitrogens is 2. The molecule has 1 amide bonds. The quantitative estimate of drug-likeness (QED) is 0.820. The molecule has 0 saturated carbocycles. The van der Waals surface area contributed by atoms with Crippen LogP contribution in [0.2, 0.25) is 0 Å². The van der Waals surface area contributed by atoms with Crippen LogP contribution in [0.15, 0.2) is 42.7 Å². The molecule has 3 N–H and O–H groups in total. The van der Waals surface area contributed by atoms with E-state index in [1.165, 1.54) is 0 Å². The van der Waals surface area contributed by atoms with Crippen molar-refractivity contribution in [3.05, 3.63) is 48.3 Å². The van der Waals surface area contributed by atoms with Crippen molar-refractivity contribution in [2.24, 2.45) is 5.73 Å². The van der Waals surface area contributed by atoms with E-state index in [9.17, 15) is 4.79 Å². The molecule has 0 aliphatic heterocycles. The normalized spacial score (nSPS) is 12.1. The Kier molecular flexibility index (Phi) is 5.51. The third-order valence-electron chi connectivity index (χ3n) is 3.29. The lowest BCUT2D eigenvalue weighted by atomic mass is 10.1. The molecule has 5 nitrogen and oxygen atoms in total. The lowest BCUT2D eigenvalue weighted by Crippen LogP contribution is -2.35. The molecule has 0 spiro atoms. The SMILES string of the molecule is CCCC[C@H](N)C(=O)Nc1cnn(Cc2ccccc2)c1. The highest BCUT2D eigenvalue weighted by molar-refractivity contribution is 5.94. The summed E-state index contributed by atoms with van der Waals surface area (Å²) in [7, 11) is 0. The van der Waals surface area contributed by atoms with Crippen LogP contribution in [0.1, 0.15) is 31.7 Å². The Labute approximate surface area is 125 Å². The van der Waals surface area contributed by atoms with Crippen molar-refractivity contribution in [2.45, 2.75) is 38.8 Å². The van der Waals surface area contributed by atoms with Crippen molar-refractivity contribution in [2.75, 3.05) is 5.32 Å². The fourth-order valence-corrected chi connectivity index (χ4v) is 2.08. The van der Waals surface area contributed by atoms with E-state index in [-0.39, 0.29) is 5.91 Å². The number of benzene rings is 1. The largest absolute Gasteiger partial charge is 0.322 e. The molecule has 1 heterocycles. The van der Waals surface area contributed by atoms with E-state index in [4.69, 9.17) is 5.73 Å². The Morgan fingerprint density at radius 2 is 2.14 bits per heavy atom. The van der Waals surface area contributed by atoms with Crippen LogP contribution in [-0.2, 0) is 11.3 Å². The zero-order chi connectivity index (χ0) is 15.1. The Morgan fingerprint density at radius 1 is 1.38 bits per heavy atom. The Hall–Kier alpha value is -2.14. The van der Waals surface area contributed by atoms with Crippen molar-refractivity contribution in [3.8, 4) is 0 Å². The lowest BCUT2D eigenvalue weighted by molar-refractivity contribution is -0.117. The summed E-state index contributed by atoms with van der Waals surface area (Å²) in [6.45, 7) is 2.76. The number of rotatable bonds is 7. The summed E-state index contributed by atoms with van der Waals surface area (Å²) in [4.78, 5) is 11.9. The van der Waals surface area contributed by atoms with Crippen molar-refractivity contribution in [1.82, 2.24) is 9.78 Å². The second-order valence-electron chi connectivity index (χ2n) is 5.15. The molecule has 0 unspecified atom stereocenters. The average molecular weight is 286 g/mol. The minimum Gasteiger partial charge on any atom is -0.322 e. The van der Waals surface area contributed by atoms with Gasteiger partial charge in [-0.25, -0.2) is 0 Å². The maximum atomic E-state index is 11.9. The van der Waals surface area contributed by atoms with Crippen molar-refractivity contribution in [1.29, 1.82) is 0 Å². The van der Waals surface area contributed by atoms with E-state index in [1.807, 2.05) is 36.5 Å². The van der Waals surface area contributed by atoms with Gasteiger partial charge in [0.1, 0.15) is 0 Å². The number of unbranched alkanes of at least 4 members (excludes halogenated alkanes) is 1. The highest BCUT2D eigenvalue weighted by Gasteiger charge is 2.13. The van der Waals surface area contributed by atoms with Gasteiger partial charge in [-0.3, -0.25) is 9.48 Å². The Bertz CT molecular complexity index is 565. The topological polar surface area (TPSA) is 72.9 Å². The number of nitrogens with one attached hydrogen (secondary N) is 1. The monoisotopic (exact) mass is 286 g/mol. The molecule has 0 aliphatic rings. The molecular weight excluding hydrogens is 264 g/mol. The van der Waals surface area contributed by atoms with Crippen LogP contribution in [0.4, 0.5) is 5.69 Å². The van der Waals surface area contributed by atoms with Gasteiger partial charge in [-0.2, -0.15) is 5.10 Å². The number of hydrogen-bond donors (Lipinski definition) is 2. The molecular formula is C16H22N4O. The Morgan fingerprint density at radius 3 is 2.86 bits per heavy atom. The first kappa shape index (κ1) is 15.3. The van der Waals surface area contributed by atoms with Gasteiger partial charge in [0.25, 0.3) is 0 Å². The average Bonchev–Trinajstić information content (AvgIpc) is 2.92.